The van der Waals surface area contributed by atoms with Crippen LogP contribution in [0.2, 0.25) is 0 Å². The zero-order valence-corrected chi connectivity index (χ0v) is 7.89. The molecule has 0 unspecified atom stereocenters. The third-order valence-electron chi connectivity index (χ3n) is 1.81. The number of hydrogen-bond donors (Lipinski definition) is 2. The van der Waals surface area contributed by atoms with Gasteiger partial charge in [0.1, 0.15) is 0 Å². The average Bonchev–Trinajstić information content (AvgIpc) is 2.07. The number of hydrogen-bond acceptors (Lipinski definition) is 2. The fraction of sp³-hybridized carbons (Fsp3) is 0.400. The van der Waals surface area contributed by atoms with Gasteiger partial charge >= 0.3 is 0 Å². The molecule has 1 aliphatic rings. The minimum absolute atomic E-state index is 0.0337. The van der Waals surface area contributed by atoms with E-state index in [0.717, 1.165) is 11.4 Å². The second kappa shape index (κ2) is 3.05. The zero-order valence-electron chi connectivity index (χ0n) is 7.89. The van der Waals surface area contributed by atoms with E-state index in [0.29, 0.717) is 0 Å². The van der Waals surface area contributed by atoms with E-state index >= 15 is 0 Å². The van der Waals surface area contributed by atoms with Gasteiger partial charge < -0.3 is 11.1 Å². The van der Waals surface area contributed by atoms with E-state index in [9.17, 15) is 0 Å². The van der Waals surface area contributed by atoms with Crippen LogP contribution in [-0.4, -0.2) is 7.05 Å². The molecule has 1 rings (SSSR count). The van der Waals surface area contributed by atoms with Crippen molar-refractivity contribution in [3.63, 3.8) is 0 Å². The molecule has 0 bridgehead atoms. The van der Waals surface area contributed by atoms with Crippen molar-refractivity contribution < 1.29 is 0 Å². The first-order chi connectivity index (χ1) is 5.53. The van der Waals surface area contributed by atoms with E-state index in [-0.39, 0.29) is 5.41 Å². The van der Waals surface area contributed by atoms with Gasteiger partial charge in [0.15, 0.2) is 0 Å². The topological polar surface area (TPSA) is 38.0 Å². The molecule has 0 aromatic carbocycles. The van der Waals surface area contributed by atoms with Crippen molar-refractivity contribution in [1.82, 2.24) is 5.32 Å². The van der Waals surface area contributed by atoms with Crippen molar-refractivity contribution in [2.45, 2.75) is 13.8 Å². The summed E-state index contributed by atoms with van der Waals surface area (Å²) in [5, 5.41) is 3.11. The molecule has 0 saturated carbocycles. The summed E-state index contributed by atoms with van der Waals surface area (Å²) in [5.41, 5.74) is 7.70. The quantitative estimate of drug-likeness (QED) is 0.616. The predicted molar refractivity (Wildman–Crippen MR) is 52.3 cm³/mol. The molecule has 2 nitrogen and oxygen atoms in total. The average molecular weight is 164 g/mol. The van der Waals surface area contributed by atoms with Crippen molar-refractivity contribution in [3.05, 3.63) is 35.7 Å². The second-order valence-corrected chi connectivity index (χ2v) is 3.65. The molecule has 0 fully saturated rings. The van der Waals surface area contributed by atoms with Gasteiger partial charge in [0.2, 0.25) is 0 Å². The van der Waals surface area contributed by atoms with Crippen molar-refractivity contribution in [2.75, 3.05) is 7.05 Å². The Labute approximate surface area is 73.8 Å². The van der Waals surface area contributed by atoms with Gasteiger partial charge in [-0.2, -0.15) is 0 Å². The molecule has 1 aliphatic carbocycles. The van der Waals surface area contributed by atoms with Crippen molar-refractivity contribution in [1.29, 1.82) is 0 Å². The number of nitrogens with one attached hydrogen (secondary N) is 1. The molecule has 0 atom stereocenters. The summed E-state index contributed by atoms with van der Waals surface area (Å²) in [5.74, 6) is 0. The maximum absolute atomic E-state index is 5.74. The molecule has 0 radical (unpaired) electrons. The molecule has 0 spiro atoms. The van der Waals surface area contributed by atoms with Crippen molar-refractivity contribution >= 4 is 0 Å². The molecule has 0 aliphatic heterocycles. The standard InChI is InChI=1S/C10H16N2/c1-10(2)6-8(11)4-5-9(7-10)12-3/h4-7,12H,11H2,1-3H3. The molecule has 0 amide bonds. The van der Waals surface area contributed by atoms with Gasteiger partial charge in [0.05, 0.1) is 0 Å². The van der Waals surface area contributed by atoms with E-state index in [4.69, 9.17) is 5.73 Å². The fourth-order valence-corrected chi connectivity index (χ4v) is 1.31. The highest BCUT2D eigenvalue weighted by atomic mass is 14.8. The highest BCUT2D eigenvalue weighted by Crippen LogP contribution is 2.24. The van der Waals surface area contributed by atoms with E-state index in [2.05, 4.69) is 25.2 Å². The molecule has 12 heavy (non-hydrogen) atoms. The van der Waals surface area contributed by atoms with Crippen molar-refractivity contribution in [3.8, 4) is 0 Å². The van der Waals surface area contributed by atoms with E-state index < -0.39 is 0 Å². The monoisotopic (exact) mass is 164 g/mol. The summed E-state index contributed by atoms with van der Waals surface area (Å²) in [6, 6.07) is 0. The minimum atomic E-state index is 0.0337. The lowest BCUT2D eigenvalue weighted by molar-refractivity contribution is 0.615. The van der Waals surface area contributed by atoms with Crippen LogP contribution in [-0.2, 0) is 0 Å². The van der Waals surface area contributed by atoms with Crippen LogP contribution in [0.4, 0.5) is 0 Å². The smallest absolute Gasteiger partial charge is 0.0306 e. The molecule has 0 heterocycles. The molecular formula is C10H16N2. The minimum Gasteiger partial charge on any atom is -0.399 e. The van der Waals surface area contributed by atoms with Gasteiger partial charge in [0.25, 0.3) is 0 Å². The van der Waals surface area contributed by atoms with Crippen LogP contribution in [0, 0.1) is 5.41 Å². The van der Waals surface area contributed by atoms with Crippen LogP contribution >= 0.6 is 0 Å². The number of nitrogens with two attached hydrogens (primary N) is 1. The van der Waals surface area contributed by atoms with Crippen LogP contribution in [0.1, 0.15) is 13.8 Å². The maximum atomic E-state index is 5.74. The van der Waals surface area contributed by atoms with E-state index in [1.807, 2.05) is 25.3 Å². The Morgan fingerprint density at radius 2 is 1.92 bits per heavy atom. The Kier molecular flexibility index (Phi) is 2.27. The number of likely N-dealkylation sites (N-methyl/N-ethyl adjacent to an activating group) is 1. The van der Waals surface area contributed by atoms with Crippen LogP contribution in [0.5, 0.6) is 0 Å². The first-order valence-electron chi connectivity index (χ1n) is 4.10. The van der Waals surface area contributed by atoms with E-state index in [1.54, 1.807) is 0 Å². The summed E-state index contributed by atoms with van der Waals surface area (Å²) in [7, 11) is 1.91. The lowest BCUT2D eigenvalue weighted by atomic mass is 9.92. The fourth-order valence-electron chi connectivity index (χ4n) is 1.31. The molecule has 0 aromatic heterocycles. The Morgan fingerprint density at radius 3 is 2.50 bits per heavy atom. The molecule has 2 heteroatoms. The Hall–Kier alpha value is -1.18. The second-order valence-electron chi connectivity index (χ2n) is 3.65. The van der Waals surface area contributed by atoms with Gasteiger partial charge in [-0.05, 0) is 12.2 Å². The maximum Gasteiger partial charge on any atom is 0.0306 e. The first kappa shape index (κ1) is 8.91. The van der Waals surface area contributed by atoms with Gasteiger partial charge in [-0.3, -0.25) is 0 Å². The lowest BCUT2D eigenvalue weighted by Crippen LogP contribution is -2.10. The SMILES string of the molecule is CNC1=CC(C)(C)C=C(N)C=C1. The van der Waals surface area contributed by atoms with Crippen LogP contribution in [0.15, 0.2) is 35.7 Å². The van der Waals surface area contributed by atoms with Gasteiger partial charge in [0, 0.05) is 23.9 Å². The highest BCUT2D eigenvalue weighted by molar-refractivity contribution is 5.33. The van der Waals surface area contributed by atoms with Crippen molar-refractivity contribution in [2.24, 2.45) is 11.1 Å². The van der Waals surface area contributed by atoms with Crippen LogP contribution < -0.4 is 11.1 Å². The van der Waals surface area contributed by atoms with E-state index in [1.165, 1.54) is 0 Å². The molecule has 0 saturated heterocycles. The largest absolute Gasteiger partial charge is 0.399 e. The predicted octanol–water partition coefficient (Wildman–Crippen LogP) is 1.53. The zero-order chi connectivity index (χ0) is 9.19. The normalized spacial score (nSPS) is 20.9. The molecule has 3 N–H and O–H groups in total. The highest BCUT2D eigenvalue weighted by Gasteiger charge is 2.13. The summed E-state index contributed by atoms with van der Waals surface area (Å²) >= 11 is 0. The third-order valence-corrected chi connectivity index (χ3v) is 1.81. The Balaban J connectivity index is 3.00. The molecule has 66 valence electrons. The Bertz CT molecular complexity index is 257. The van der Waals surface area contributed by atoms with Crippen LogP contribution in [0.25, 0.3) is 0 Å². The summed E-state index contributed by atoms with van der Waals surface area (Å²) in [4.78, 5) is 0. The Morgan fingerprint density at radius 1 is 1.25 bits per heavy atom. The van der Waals surface area contributed by atoms with Crippen LogP contribution in [0.3, 0.4) is 0 Å². The summed E-state index contributed by atoms with van der Waals surface area (Å²) < 4.78 is 0. The summed E-state index contributed by atoms with van der Waals surface area (Å²) in [6.07, 6.45) is 8.11. The van der Waals surface area contributed by atoms with Gasteiger partial charge in [-0.25, -0.2) is 0 Å². The lowest BCUT2D eigenvalue weighted by Gasteiger charge is -2.15. The third kappa shape index (κ3) is 2.16. The number of rotatable bonds is 1. The summed E-state index contributed by atoms with van der Waals surface area (Å²) in [6.45, 7) is 4.26. The van der Waals surface area contributed by atoms with Gasteiger partial charge in [-0.1, -0.05) is 26.0 Å². The molecule has 0 aromatic rings. The first-order valence-corrected chi connectivity index (χ1v) is 4.10. The van der Waals surface area contributed by atoms with Gasteiger partial charge in [-0.15, -0.1) is 0 Å². The molecular weight excluding hydrogens is 148 g/mol. The number of allylic oxidation sites excluding steroid dienone is 4.